The second-order valence-electron chi connectivity index (χ2n) is 13.7. The molecule has 7 aromatic carbocycles. The largest absolute Gasteiger partial charge is 0.236 e. The molecule has 0 bridgehead atoms. The van der Waals surface area contributed by atoms with Crippen LogP contribution in [0.2, 0.25) is 0 Å². The Bertz CT molecular complexity index is 2670. The van der Waals surface area contributed by atoms with Gasteiger partial charge in [0.1, 0.15) is 0 Å². The van der Waals surface area contributed by atoms with Gasteiger partial charge in [-0.2, -0.15) is 0 Å². The number of hydrogen-bond acceptors (Lipinski definition) is 5. The predicted molar refractivity (Wildman–Crippen MR) is 220 cm³/mol. The van der Waals surface area contributed by atoms with Crippen molar-refractivity contribution in [1.29, 1.82) is 0 Å². The van der Waals surface area contributed by atoms with E-state index >= 15 is 0 Å². The molecule has 55 heavy (non-hydrogen) atoms. The highest BCUT2D eigenvalue weighted by atomic mass is 15.0. The van der Waals surface area contributed by atoms with Crippen molar-refractivity contribution in [2.75, 3.05) is 0 Å². The molecule has 0 amide bonds. The van der Waals surface area contributed by atoms with Crippen LogP contribution >= 0.6 is 0 Å². The van der Waals surface area contributed by atoms with Crippen LogP contribution in [0.4, 0.5) is 0 Å². The maximum absolute atomic E-state index is 5.42. The molecule has 1 aliphatic carbocycles. The minimum Gasteiger partial charge on any atom is -0.236 e. The summed E-state index contributed by atoms with van der Waals surface area (Å²) in [6, 6.07) is 67.1. The SMILES string of the molecule is c1ccc(-c2nc(-c3ccccc3)nc(-c3ccc(-c4ccc(-c5ncc6c(n5)C(c5ccccc5)(c5ccccc5)c5ccccc5-6)cc4)cc3)n2)cc1. The molecule has 9 aromatic rings. The average Bonchev–Trinajstić information content (AvgIpc) is 3.58. The summed E-state index contributed by atoms with van der Waals surface area (Å²) in [5, 5.41) is 0. The highest BCUT2D eigenvalue weighted by Crippen LogP contribution is 2.55. The van der Waals surface area contributed by atoms with Crippen LogP contribution in [0.25, 0.3) is 67.8 Å². The summed E-state index contributed by atoms with van der Waals surface area (Å²) in [6.45, 7) is 0. The minimum atomic E-state index is -0.573. The first-order valence-corrected chi connectivity index (χ1v) is 18.4. The van der Waals surface area contributed by atoms with Crippen LogP contribution in [-0.4, -0.2) is 24.9 Å². The average molecular weight is 704 g/mol. The standard InChI is InChI=1S/C50H33N5/c1-5-15-36(16-6-1)47-53-48(37-17-7-2-8-18-37)55-49(54-47)39-31-27-35(28-32-39)34-25-29-38(30-26-34)46-51-33-43-42-23-13-14-24-44(42)50(45(43)52-46,40-19-9-3-10-20-40)41-21-11-4-12-22-41/h1-33H. The van der Waals surface area contributed by atoms with Gasteiger partial charge in [0, 0.05) is 34.0 Å². The lowest BCUT2D eigenvalue weighted by atomic mass is 9.69. The third-order valence-electron chi connectivity index (χ3n) is 10.5. The van der Waals surface area contributed by atoms with Crippen molar-refractivity contribution < 1.29 is 0 Å². The molecule has 0 saturated carbocycles. The van der Waals surface area contributed by atoms with Gasteiger partial charge in [0.15, 0.2) is 23.3 Å². The van der Waals surface area contributed by atoms with Crippen molar-refractivity contribution in [3.63, 3.8) is 0 Å². The molecule has 2 aromatic heterocycles. The summed E-state index contributed by atoms with van der Waals surface area (Å²) in [5.74, 6) is 2.62. The van der Waals surface area contributed by atoms with E-state index in [-0.39, 0.29) is 0 Å². The van der Waals surface area contributed by atoms with E-state index in [2.05, 4.69) is 133 Å². The van der Waals surface area contributed by atoms with Gasteiger partial charge in [-0.25, -0.2) is 24.9 Å². The fourth-order valence-corrected chi connectivity index (χ4v) is 7.87. The first-order chi connectivity index (χ1) is 27.3. The van der Waals surface area contributed by atoms with Crippen LogP contribution in [0, 0.1) is 0 Å². The molecule has 0 unspecified atom stereocenters. The van der Waals surface area contributed by atoms with Crippen molar-refractivity contribution in [3.05, 3.63) is 223 Å². The molecule has 0 spiro atoms. The van der Waals surface area contributed by atoms with Crippen LogP contribution in [0.15, 0.2) is 200 Å². The molecule has 10 rings (SSSR count). The number of rotatable bonds is 7. The predicted octanol–water partition coefficient (Wildman–Crippen LogP) is 11.4. The van der Waals surface area contributed by atoms with E-state index in [1.54, 1.807) is 0 Å². The van der Waals surface area contributed by atoms with Gasteiger partial charge >= 0.3 is 0 Å². The zero-order chi connectivity index (χ0) is 36.6. The summed E-state index contributed by atoms with van der Waals surface area (Å²) < 4.78 is 0. The number of benzene rings is 7. The van der Waals surface area contributed by atoms with Crippen molar-refractivity contribution in [3.8, 4) is 67.8 Å². The molecular formula is C50H33N5. The van der Waals surface area contributed by atoms with Gasteiger partial charge in [-0.3, -0.25) is 0 Å². The first kappa shape index (κ1) is 32.3. The van der Waals surface area contributed by atoms with Crippen LogP contribution in [0.5, 0.6) is 0 Å². The molecule has 5 heteroatoms. The van der Waals surface area contributed by atoms with Crippen molar-refractivity contribution >= 4 is 0 Å². The molecule has 0 fully saturated rings. The monoisotopic (exact) mass is 703 g/mol. The number of hydrogen-bond donors (Lipinski definition) is 0. The third-order valence-corrected chi connectivity index (χ3v) is 10.5. The molecule has 0 saturated heterocycles. The van der Waals surface area contributed by atoms with E-state index in [1.807, 2.05) is 66.9 Å². The van der Waals surface area contributed by atoms with Crippen molar-refractivity contribution in [2.24, 2.45) is 0 Å². The summed E-state index contributed by atoms with van der Waals surface area (Å²) in [5.41, 5.74) is 12.2. The summed E-state index contributed by atoms with van der Waals surface area (Å²) >= 11 is 0. The normalized spacial score (nSPS) is 12.5. The molecule has 0 atom stereocenters. The number of aromatic nitrogens is 5. The lowest BCUT2D eigenvalue weighted by molar-refractivity contribution is 0.736. The molecule has 1 aliphatic rings. The van der Waals surface area contributed by atoms with Gasteiger partial charge in [-0.15, -0.1) is 0 Å². The summed E-state index contributed by atoms with van der Waals surface area (Å²) in [7, 11) is 0. The molecule has 0 radical (unpaired) electrons. The van der Waals surface area contributed by atoms with Crippen LogP contribution in [-0.2, 0) is 5.41 Å². The molecule has 5 nitrogen and oxygen atoms in total. The lowest BCUT2D eigenvalue weighted by Crippen LogP contribution is -2.29. The Morgan fingerprint density at radius 3 is 1.16 bits per heavy atom. The smallest absolute Gasteiger partial charge is 0.164 e. The van der Waals surface area contributed by atoms with Gasteiger partial charge < -0.3 is 0 Å². The Morgan fingerprint density at radius 1 is 0.291 bits per heavy atom. The van der Waals surface area contributed by atoms with Gasteiger partial charge in [0.2, 0.25) is 0 Å². The second-order valence-corrected chi connectivity index (χ2v) is 13.7. The molecule has 0 N–H and O–H groups in total. The quantitative estimate of drug-likeness (QED) is 0.165. The maximum atomic E-state index is 5.42. The van der Waals surface area contributed by atoms with E-state index in [0.29, 0.717) is 23.3 Å². The fourth-order valence-electron chi connectivity index (χ4n) is 7.87. The van der Waals surface area contributed by atoms with Gasteiger partial charge in [-0.05, 0) is 33.4 Å². The highest BCUT2D eigenvalue weighted by Gasteiger charge is 2.47. The fraction of sp³-hybridized carbons (Fsp3) is 0.0200. The molecule has 0 aliphatic heterocycles. The molecule has 2 heterocycles. The molecule has 258 valence electrons. The van der Waals surface area contributed by atoms with E-state index < -0.39 is 5.41 Å². The van der Waals surface area contributed by atoms with E-state index in [0.717, 1.165) is 44.6 Å². The third kappa shape index (κ3) is 5.61. The Labute approximate surface area is 319 Å². The first-order valence-electron chi connectivity index (χ1n) is 18.4. The zero-order valence-electron chi connectivity index (χ0n) is 29.8. The minimum absolute atomic E-state index is 0.573. The van der Waals surface area contributed by atoms with Gasteiger partial charge in [0.05, 0.1) is 11.1 Å². The second kappa shape index (κ2) is 13.6. The summed E-state index contributed by atoms with van der Waals surface area (Å²) in [4.78, 5) is 25.0. The van der Waals surface area contributed by atoms with Crippen LogP contribution in [0.3, 0.4) is 0 Å². The molecular weight excluding hydrogens is 671 g/mol. The van der Waals surface area contributed by atoms with E-state index in [9.17, 15) is 0 Å². The van der Waals surface area contributed by atoms with Gasteiger partial charge in [-0.1, -0.05) is 194 Å². The van der Waals surface area contributed by atoms with Gasteiger partial charge in [0.25, 0.3) is 0 Å². The Kier molecular flexibility index (Phi) is 7.96. The highest BCUT2D eigenvalue weighted by molar-refractivity contribution is 5.85. The van der Waals surface area contributed by atoms with Crippen molar-refractivity contribution in [2.45, 2.75) is 5.41 Å². The topological polar surface area (TPSA) is 64.5 Å². The van der Waals surface area contributed by atoms with Crippen LogP contribution < -0.4 is 0 Å². The number of fused-ring (bicyclic) bond motifs is 3. The zero-order valence-corrected chi connectivity index (χ0v) is 29.8. The Morgan fingerprint density at radius 2 is 0.673 bits per heavy atom. The summed E-state index contributed by atoms with van der Waals surface area (Å²) in [6.07, 6.45) is 2.00. The van der Waals surface area contributed by atoms with E-state index in [1.165, 1.54) is 22.3 Å². The lowest BCUT2D eigenvalue weighted by Gasteiger charge is -2.32. The Balaban J connectivity index is 1.00. The maximum Gasteiger partial charge on any atom is 0.164 e. The van der Waals surface area contributed by atoms with Crippen molar-refractivity contribution in [1.82, 2.24) is 24.9 Å². The number of nitrogens with zero attached hydrogens (tertiary/aromatic N) is 5. The van der Waals surface area contributed by atoms with E-state index in [4.69, 9.17) is 24.9 Å². The Hall–Kier alpha value is -7.37. The van der Waals surface area contributed by atoms with Crippen LogP contribution in [0.1, 0.15) is 22.4 Å².